The van der Waals surface area contributed by atoms with Gasteiger partial charge in [0.2, 0.25) is 0 Å². The summed E-state index contributed by atoms with van der Waals surface area (Å²) in [4.78, 5) is 16.1. The molecule has 1 amide bonds. The number of anilines is 1. The zero-order chi connectivity index (χ0) is 18.1. The van der Waals surface area contributed by atoms with Crippen molar-refractivity contribution in [1.29, 1.82) is 0 Å². The van der Waals surface area contributed by atoms with E-state index < -0.39 is 0 Å². The van der Waals surface area contributed by atoms with Crippen LogP contribution in [0, 0.1) is 0 Å². The number of aromatic nitrogens is 3. The first-order valence-corrected chi connectivity index (χ1v) is 8.66. The van der Waals surface area contributed by atoms with Crippen molar-refractivity contribution in [1.82, 2.24) is 14.8 Å². The van der Waals surface area contributed by atoms with Crippen LogP contribution in [0.1, 0.15) is 35.9 Å². The summed E-state index contributed by atoms with van der Waals surface area (Å²) < 4.78 is 1.71. The standard InChI is InChI=1S/C21H20N4O/c1-14(2)19-13-20(25(24-19)17-6-4-3-5-7-17)21(26)23-16-8-9-18-15(12-16)10-11-22-18/h3-14,22H,1-2H3,(H,23,26). The molecule has 4 rings (SSSR count). The second kappa shape index (κ2) is 6.52. The van der Waals surface area contributed by atoms with Crippen molar-refractivity contribution in [2.24, 2.45) is 0 Å². The van der Waals surface area contributed by atoms with E-state index in [0.717, 1.165) is 28.0 Å². The van der Waals surface area contributed by atoms with Crippen LogP contribution < -0.4 is 5.32 Å². The Hall–Kier alpha value is -3.34. The number of benzene rings is 2. The Morgan fingerprint density at radius 2 is 1.88 bits per heavy atom. The van der Waals surface area contributed by atoms with Gasteiger partial charge < -0.3 is 10.3 Å². The van der Waals surface area contributed by atoms with E-state index in [1.54, 1.807) is 4.68 Å². The van der Waals surface area contributed by atoms with E-state index >= 15 is 0 Å². The molecule has 0 unspecified atom stereocenters. The van der Waals surface area contributed by atoms with Crippen molar-refractivity contribution in [2.45, 2.75) is 19.8 Å². The second-order valence-electron chi connectivity index (χ2n) is 6.59. The lowest BCUT2D eigenvalue weighted by Gasteiger charge is -2.08. The summed E-state index contributed by atoms with van der Waals surface area (Å²) >= 11 is 0. The molecule has 26 heavy (non-hydrogen) atoms. The van der Waals surface area contributed by atoms with Gasteiger partial charge in [-0.1, -0.05) is 32.0 Å². The van der Waals surface area contributed by atoms with Crippen LogP contribution in [0.4, 0.5) is 5.69 Å². The predicted octanol–water partition coefficient (Wildman–Crippen LogP) is 4.73. The summed E-state index contributed by atoms with van der Waals surface area (Å²) in [6.45, 7) is 4.14. The highest BCUT2D eigenvalue weighted by Gasteiger charge is 2.18. The molecule has 0 radical (unpaired) electrons. The van der Waals surface area contributed by atoms with Gasteiger partial charge in [-0.2, -0.15) is 5.10 Å². The largest absolute Gasteiger partial charge is 0.361 e. The molecule has 2 aromatic heterocycles. The normalized spacial score (nSPS) is 11.2. The van der Waals surface area contributed by atoms with Gasteiger partial charge in [-0.05, 0) is 48.4 Å². The molecule has 2 heterocycles. The predicted molar refractivity (Wildman–Crippen MR) is 104 cm³/mol. The number of carbonyl (C=O) groups is 1. The minimum atomic E-state index is -0.178. The van der Waals surface area contributed by atoms with Crippen molar-refractivity contribution in [3.8, 4) is 5.69 Å². The zero-order valence-corrected chi connectivity index (χ0v) is 14.7. The molecule has 0 fully saturated rings. The van der Waals surface area contributed by atoms with Crippen LogP contribution in [0.3, 0.4) is 0 Å². The highest BCUT2D eigenvalue weighted by Crippen LogP contribution is 2.21. The monoisotopic (exact) mass is 344 g/mol. The first-order valence-electron chi connectivity index (χ1n) is 8.66. The summed E-state index contributed by atoms with van der Waals surface area (Å²) in [5.41, 5.74) is 4.08. The van der Waals surface area contributed by atoms with Gasteiger partial charge in [-0.3, -0.25) is 4.79 Å². The van der Waals surface area contributed by atoms with E-state index in [-0.39, 0.29) is 11.8 Å². The van der Waals surface area contributed by atoms with Gasteiger partial charge in [0.15, 0.2) is 0 Å². The smallest absolute Gasteiger partial charge is 0.274 e. The van der Waals surface area contributed by atoms with Gasteiger partial charge in [0.1, 0.15) is 5.69 Å². The number of amides is 1. The van der Waals surface area contributed by atoms with Crippen LogP contribution in [0.25, 0.3) is 16.6 Å². The number of rotatable bonds is 4. The molecular formula is C21H20N4O. The molecule has 130 valence electrons. The first kappa shape index (κ1) is 16.1. The number of hydrogen-bond acceptors (Lipinski definition) is 2. The molecule has 5 nitrogen and oxygen atoms in total. The lowest BCUT2D eigenvalue weighted by Crippen LogP contribution is -2.16. The fourth-order valence-corrected chi connectivity index (χ4v) is 2.94. The number of para-hydroxylation sites is 1. The van der Waals surface area contributed by atoms with Crippen LogP contribution in [-0.4, -0.2) is 20.7 Å². The lowest BCUT2D eigenvalue weighted by atomic mass is 10.1. The maximum Gasteiger partial charge on any atom is 0.274 e. The highest BCUT2D eigenvalue weighted by molar-refractivity contribution is 6.04. The van der Waals surface area contributed by atoms with Crippen molar-refractivity contribution < 1.29 is 4.79 Å². The molecule has 0 saturated carbocycles. The zero-order valence-electron chi connectivity index (χ0n) is 14.7. The van der Waals surface area contributed by atoms with Crippen LogP contribution in [-0.2, 0) is 0 Å². The van der Waals surface area contributed by atoms with Crippen LogP contribution in [0.5, 0.6) is 0 Å². The van der Waals surface area contributed by atoms with Gasteiger partial charge in [0.05, 0.1) is 11.4 Å². The van der Waals surface area contributed by atoms with Gasteiger partial charge in [-0.25, -0.2) is 4.68 Å². The first-order chi connectivity index (χ1) is 12.6. The average Bonchev–Trinajstić information content (AvgIpc) is 3.29. The third-order valence-electron chi connectivity index (χ3n) is 4.36. The fourth-order valence-electron chi connectivity index (χ4n) is 2.94. The third-order valence-corrected chi connectivity index (χ3v) is 4.36. The summed E-state index contributed by atoms with van der Waals surface area (Å²) in [7, 11) is 0. The summed E-state index contributed by atoms with van der Waals surface area (Å²) in [5, 5.41) is 8.68. The van der Waals surface area contributed by atoms with E-state index in [1.165, 1.54) is 0 Å². The molecular weight excluding hydrogens is 324 g/mol. The lowest BCUT2D eigenvalue weighted by molar-refractivity contribution is 0.101. The summed E-state index contributed by atoms with van der Waals surface area (Å²) in [6, 6.07) is 19.4. The molecule has 0 spiro atoms. The molecule has 2 N–H and O–H groups in total. The van der Waals surface area contributed by atoms with E-state index in [1.807, 2.05) is 66.9 Å². The molecule has 0 aliphatic carbocycles. The highest BCUT2D eigenvalue weighted by atomic mass is 16.2. The van der Waals surface area contributed by atoms with Gasteiger partial charge >= 0.3 is 0 Å². The van der Waals surface area contributed by atoms with Crippen molar-refractivity contribution in [2.75, 3.05) is 5.32 Å². The molecule has 0 aliphatic rings. The number of nitrogens with one attached hydrogen (secondary N) is 2. The Kier molecular flexibility index (Phi) is 4.05. The Bertz CT molecular complexity index is 1060. The molecule has 4 aromatic rings. The minimum absolute atomic E-state index is 0.178. The number of hydrogen-bond donors (Lipinski definition) is 2. The van der Waals surface area contributed by atoms with Crippen molar-refractivity contribution >= 4 is 22.5 Å². The van der Waals surface area contributed by atoms with Crippen molar-refractivity contribution in [3.63, 3.8) is 0 Å². The van der Waals surface area contributed by atoms with Crippen LogP contribution >= 0.6 is 0 Å². The second-order valence-corrected chi connectivity index (χ2v) is 6.59. The van der Waals surface area contributed by atoms with Crippen LogP contribution in [0.2, 0.25) is 0 Å². The molecule has 0 aliphatic heterocycles. The molecule has 2 aromatic carbocycles. The Morgan fingerprint density at radius 3 is 2.65 bits per heavy atom. The average molecular weight is 344 g/mol. The number of fused-ring (bicyclic) bond motifs is 1. The van der Waals surface area contributed by atoms with Gasteiger partial charge in [0, 0.05) is 22.8 Å². The van der Waals surface area contributed by atoms with Crippen molar-refractivity contribution in [3.05, 3.63) is 78.2 Å². The molecule has 0 atom stereocenters. The minimum Gasteiger partial charge on any atom is -0.361 e. The Morgan fingerprint density at radius 1 is 1.08 bits per heavy atom. The third kappa shape index (κ3) is 2.99. The van der Waals surface area contributed by atoms with E-state index in [2.05, 4.69) is 29.2 Å². The number of carbonyl (C=O) groups excluding carboxylic acids is 1. The summed E-state index contributed by atoms with van der Waals surface area (Å²) in [5.74, 6) is 0.0610. The Labute approximate surface area is 151 Å². The Balaban J connectivity index is 1.70. The topological polar surface area (TPSA) is 62.7 Å². The number of H-pyrrole nitrogens is 1. The maximum atomic E-state index is 12.9. The SMILES string of the molecule is CC(C)c1cc(C(=O)Nc2ccc3[nH]ccc3c2)n(-c2ccccc2)n1. The summed E-state index contributed by atoms with van der Waals surface area (Å²) in [6.07, 6.45) is 1.88. The fraction of sp³-hybridized carbons (Fsp3) is 0.143. The number of nitrogens with zero attached hydrogens (tertiary/aromatic N) is 2. The van der Waals surface area contributed by atoms with Gasteiger partial charge in [-0.15, -0.1) is 0 Å². The van der Waals surface area contributed by atoms with E-state index in [0.29, 0.717) is 5.69 Å². The van der Waals surface area contributed by atoms with E-state index in [9.17, 15) is 4.79 Å². The maximum absolute atomic E-state index is 12.9. The number of aromatic amines is 1. The van der Waals surface area contributed by atoms with E-state index in [4.69, 9.17) is 0 Å². The quantitative estimate of drug-likeness (QED) is 0.562. The van der Waals surface area contributed by atoms with Crippen LogP contribution in [0.15, 0.2) is 66.9 Å². The molecule has 0 saturated heterocycles. The molecule has 5 heteroatoms. The van der Waals surface area contributed by atoms with Gasteiger partial charge in [0.25, 0.3) is 5.91 Å². The molecule has 0 bridgehead atoms.